The highest BCUT2D eigenvalue weighted by Gasteiger charge is 2.18. The van der Waals surface area contributed by atoms with E-state index >= 15 is 0 Å². The Balaban J connectivity index is 1.68. The van der Waals surface area contributed by atoms with Crippen molar-refractivity contribution >= 4 is 17.0 Å². The van der Waals surface area contributed by atoms with Crippen LogP contribution < -0.4 is 5.32 Å². The molecular formula is C10H18N2OS. The molecular weight excluding hydrogens is 196 g/mol. The number of piperidine rings is 1. The van der Waals surface area contributed by atoms with E-state index in [9.17, 15) is 0 Å². The van der Waals surface area contributed by atoms with Gasteiger partial charge in [-0.1, -0.05) is 11.8 Å². The van der Waals surface area contributed by atoms with Crippen LogP contribution in [0, 0.1) is 5.92 Å². The zero-order chi connectivity index (χ0) is 9.80. The summed E-state index contributed by atoms with van der Waals surface area (Å²) in [6.07, 6.45) is 2.60. The Morgan fingerprint density at radius 1 is 1.50 bits per heavy atom. The van der Waals surface area contributed by atoms with Crippen molar-refractivity contribution in [1.82, 2.24) is 5.32 Å². The molecule has 4 heteroatoms. The predicted molar refractivity (Wildman–Crippen MR) is 60.9 cm³/mol. The summed E-state index contributed by atoms with van der Waals surface area (Å²) >= 11 is 1.79. The van der Waals surface area contributed by atoms with Gasteiger partial charge in [-0.25, -0.2) is 4.99 Å². The molecule has 0 aromatic heterocycles. The molecule has 0 radical (unpaired) electrons. The summed E-state index contributed by atoms with van der Waals surface area (Å²) < 4.78 is 5.45. The van der Waals surface area contributed by atoms with Gasteiger partial charge in [0.2, 0.25) is 5.23 Å². The standard InChI is InChI=1S/C10H18N2OS/c1-8-6-13-10(12-8)14-7-9-2-4-11-5-3-9/h8-9,11H,2-7H2,1H3. The van der Waals surface area contributed by atoms with Gasteiger partial charge in [0, 0.05) is 5.75 Å². The highest BCUT2D eigenvalue weighted by atomic mass is 32.2. The van der Waals surface area contributed by atoms with Gasteiger partial charge in [-0.05, 0) is 38.8 Å². The maximum Gasteiger partial charge on any atom is 0.246 e. The normalized spacial score (nSPS) is 28.6. The van der Waals surface area contributed by atoms with Crippen molar-refractivity contribution in [1.29, 1.82) is 0 Å². The van der Waals surface area contributed by atoms with E-state index in [-0.39, 0.29) is 0 Å². The van der Waals surface area contributed by atoms with Gasteiger partial charge in [-0.3, -0.25) is 0 Å². The quantitative estimate of drug-likeness (QED) is 0.756. The smallest absolute Gasteiger partial charge is 0.246 e. The Labute approximate surface area is 89.7 Å². The molecule has 80 valence electrons. The van der Waals surface area contributed by atoms with Gasteiger partial charge in [0.1, 0.15) is 6.61 Å². The molecule has 1 saturated heterocycles. The monoisotopic (exact) mass is 214 g/mol. The predicted octanol–water partition coefficient (Wildman–Crippen LogP) is 1.49. The first kappa shape index (κ1) is 10.3. The van der Waals surface area contributed by atoms with E-state index in [0.717, 1.165) is 17.8 Å². The summed E-state index contributed by atoms with van der Waals surface area (Å²) in [5.41, 5.74) is 0. The number of rotatable bonds is 2. The molecule has 1 N–H and O–H groups in total. The van der Waals surface area contributed by atoms with Crippen LogP contribution in [0.1, 0.15) is 19.8 Å². The molecule has 2 aliphatic heterocycles. The molecule has 3 nitrogen and oxygen atoms in total. The van der Waals surface area contributed by atoms with E-state index in [2.05, 4.69) is 17.2 Å². The maximum absolute atomic E-state index is 5.45. The summed E-state index contributed by atoms with van der Waals surface area (Å²) in [6, 6.07) is 0.366. The first-order chi connectivity index (χ1) is 6.84. The van der Waals surface area contributed by atoms with Crippen molar-refractivity contribution in [2.24, 2.45) is 10.9 Å². The van der Waals surface area contributed by atoms with E-state index in [1.54, 1.807) is 11.8 Å². The van der Waals surface area contributed by atoms with Crippen LogP contribution in [0.5, 0.6) is 0 Å². The number of aliphatic imine (C=N–C) groups is 1. The Bertz CT molecular complexity index is 214. The van der Waals surface area contributed by atoms with Crippen LogP contribution in [-0.2, 0) is 4.74 Å². The Kier molecular flexibility index (Phi) is 3.70. The molecule has 0 saturated carbocycles. The SMILES string of the molecule is CC1COC(SCC2CCNCC2)=N1. The minimum atomic E-state index is 0.366. The van der Waals surface area contributed by atoms with Crippen LogP contribution in [-0.4, -0.2) is 36.7 Å². The van der Waals surface area contributed by atoms with Crippen molar-refractivity contribution < 1.29 is 4.74 Å². The lowest BCUT2D eigenvalue weighted by Crippen LogP contribution is -2.28. The molecule has 1 atom stereocenters. The molecule has 1 fully saturated rings. The molecule has 0 aliphatic carbocycles. The summed E-state index contributed by atoms with van der Waals surface area (Å²) in [7, 11) is 0. The minimum Gasteiger partial charge on any atom is -0.471 e. The van der Waals surface area contributed by atoms with Gasteiger partial charge >= 0.3 is 0 Å². The zero-order valence-electron chi connectivity index (χ0n) is 8.66. The van der Waals surface area contributed by atoms with Crippen LogP contribution in [0.4, 0.5) is 0 Å². The second-order valence-corrected chi connectivity index (χ2v) is 5.03. The van der Waals surface area contributed by atoms with Crippen LogP contribution >= 0.6 is 11.8 Å². The van der Waals surface area contributed by atoms with E-state index in [1.807, 2.05) is 0 Å². The molecule has 14 heavy (non-hydrogen) atoms. The van der Waals surface area contributed by atoms with E-state index in [1.165, 1.54) is 31.7 Å². The fraction of sp³-hybridized carbons (Fsp3) is 0.900. The minimum absolute atomic E-state index is 0.366. The van der Waals surface area contributed by atoms with Crippen molar-refractivity contribution in [3.05, 3.63) is 0 Å². The first-order valence-electron chi connectivity index (χ1n) is 5.38. The summed E-state index contributed by atoms with van der Waals surface area (Å²) in [5.74, 6) is 2.02. The maximum atomic E-state index is 5.45. The summed E-state index contributed by atoms with van der Waals surface area (Å²) in [5, 5.41) is 4.29. The Hall–Kier alpha value is -0.220. The van der Waals surface area contributed by atoms with Crippen molar-refractivity contribution in [3.8, 4) is 0 Å². The van der Waals surface area contributed by atoms with Gasteiger partial charge in [0.25, 0.3) is 0 Å². The Morgan fingerprint density at radius 3 is 2.93 bits per heavy atom. The third-order valence-electron chi connectivity index (χ3n) is 2.68. The van der Waals surface area contributed by atoms with Gasteiger partial charge in [0.15, 0.2) is 0 Å². The second kappa shape index (κ2) is 5.03. The van der Waals surface area contributed by atoms with E-state index in [4.69, 9.17) is 4.74 Å². The van der Waals surface area contributed by atoms with Gasteiger partial charge in [-0.15, -0.1) is 0 Å². The molecule has 2 heterocycles. The second-order valence-electron chi connectivity index (χ2n) is 4.06. The fourth-order valence-corrected chi connectivity index (χ4v) is 2.88. The third kappa shape index (κ3) is 2.89. The van der Waals surface area contributed by atoms with Crippen molar-refractivity contribution in [2.45, 2.75) is 25.8 Å². The topological polar surface area (TPSA) is 33.6 Å². The van der Waals surface area contributed by atoms with E-state index < -0.39 is 0 Å². The zero-order valence-corrected chi connectivity index (χ0v) is 9.48. The number of thioether (sulfide) groups is 1. The van der Waals surface area contributed by atoms with Crippen LogP contribution in [0.15, 0.2) is 4.99 Å². The van der Waals surface area contributed by atoms with Crippen LogP contribution in [0.2, 0.25) is 0 Å². The number of ether oxygens (including phenoxy) is 1. The number of nitrogens with one attached hydrogen (secondary N) is 1. The molecule has 0 spiro atoms. The first-order valence-corrected chi connectivity index (χ1v) is 6.37. The number of hydrogen-bond donors (Lipinski definition) is 1. The van der Waals surface area contributed by atoms with Gasteiger partial charge in [-0.2, -0.15) is 0 Å². The highest BCUT2D eigenvalue weighted by Crippen LogP contribution is 2.21. The fourth-order valence-electron chi connectivity index (χ4n) is 1.76. The molecule has 0 aromatic rings. The summed E-state index contributed by atoms with van der Waals surface area (Å²) in [6.45, 7) is 5.22. The van der Waals surface area contributed by atoms with Crippen LogP contribution in [0.3, 0.4) is 0 Å². The molecule has 2 rings (SSSR count). The van der Waals surface area contributed by atoms with Crippen molar-refractivity contribution in [3.63, 3.8) is 0 Å². The van der Waals surface area contributed by atoms with Gasteiger partial charge < -0.3 is 10.1 Å². The lowest BCUT2D eigenvalue weighted by Gasteiger charge is -2.21. The van der Waals surface area contributed by atoms with Gasteiger partial charge in [0.05, 0.1) is 6.04 Å². The lowest BCUT2D eigenvalue weighted by atomic mass is 10.0. The summed E-state index contributed by atoms with van der Waals surface area (Å²) in [4.78, 5) is 4.41. The Morgan fingerprint density at radius 2 is 2.29 bits per heavy atom. The number of hydrogen-bond acceptors (Lipinski definition) is 4. The third-order valence-corrected chi connectivity index (χ3v) is 3.78. The molecule has 1 unspecified atom stereocenters. The number of nitrogens with zero attached hydrogens (tertiary/aromatic N) is 1. The average Bonchev–Trinajstić information content (AvgIpc) is 2.63. The highest BCUT2D eigenvalue weighted by molar-refractivity contribution is 8.13. The molecule has 0 bridgehead atoms. The van der Waals surface area contributed by atoms with E-state index in [0.29, 0.717) is 6.04 Å². The average molecular weight is 214 g/mol. The molecule has 0 aromatic carbocycles. The van der Waals surface area contributed by atoms with Crippen LogP contribution in [0.25, 0.3) is 0 Å². The molecule has 2 aliphatic rings. The largest absolute Gasteiger partial charge is 0.471 e. The molecule has 0 amide bonds. The lowest BCUT2D eigenvalue weighted by molar-refractivity contribution is 0.330. The van der Waals surface area contributed by atoms with Crippen molar-refractivity contribution in [2.75, 3.05) is 25.4 Å².